The molecular formula is C29H34N2O3. The van der Waals surface area contributed by atoms with Gasteiger partial charge in [-0.25, -0.2) is 0 Å². The second-order valence-electron chi connectivity index (χ2n) is 9.98. The number of carbonyl (C=O) groups is 1. The summed E-state index contributed by atoms with van der Waals surface area (Å²) in [5, 5.41) is 5.60. The molecule has 0 unspecified atom stereocenters. The maximum Gasteiger partial charge on any atom is 0.251 e. The van der Waals surface area contributed by atoms with E-state index in [4.69, 9.17) is 9.47 Å². The van der Waals surface area contributed by atoms with Crippen molar-refractivity contribution < 1.29 is 14.3 Å². The van der Waals surface area contributed by atoms with Gasteiger partial charge in [-0.1, -0.05) is 42.5 Å². The zero-order valence-electron chi connectivity index (χ0n) is 20.3. The highest BCUT2D eigenvalue weighted by Gasteiger charge is 2.58. The molecule has 3 aromatic rings. The number of piperidine rings is 1. The number of fused-ring (bicyclic) bond motifs is 2. The van der Waals surface area contributed by atoms with Gasteiger partial charge in [-0.05, 0) is 79.9 Å². The van der Waals surface area contributed by atoms with Crippen LogP contribution in [-0.2, 0) is 10.2 Å². The highest BCUT2D eigenvalue weighted by molar-refractivity contribution is 5.98. The molecule has 2 aliphatic rings. The van der Waals surface area contributed by atoms with Crippen molar-refractivity contribution in [2.75, 3.05) is 34.4 Å². The Labute approximate surface area is 202 Å². The summed E-state index contributed by atoms with van der Waals surface area (Å²) in [6, 6.07) is 22.6. The van der Waals surface area contributed by atoms with Gasteiger partial charge in [0.05, 0.1) is 12.7 Å². The van der Waals surface area contributed by atoms with E-state index in [1.807, 2.05) is 43.5 Å². The molecule has 3 atom stereocenters. The molecule has 1 saturated heterocycles. The Hall–Kier alpha value is -2.89. The van der Waals surface area contributed by atoms with Gasteiger partial charge in [0.1, 0.15) is 5.75 Å². The van der Waals surface area contributed by atoms with Crippen molar-refractivity contribution in [1.29, 1.82) is 0 Å². The van der Waals surface area contributed by atoms with Gasteiger partial charge >= 0.3 is 0 Å². The van der Waals surface area contributed by atoms with Gasteiger partial charge in [0.25, 0.3) is 5.91 Å². The van der Waals surface area contributed by atoms with Gasteiger partial charge in [-0.3, -0.25) is 4.79 Å². The minimum atomic E-state index is -0.295. The van der Waals surface area contributed by atoms with Gasteiger partial charge in [0, 0.05) is 30.7 Å². The molecule has 0 spiro atoms. The summed E-state index contributed by atoms with van der Waals surface area (Å²) in [6.07, 6.45) is 3.62. The zero-order valence-corrected chi connectivity index (χ0v) is 20.3. The minimum Gasteiger partial charge on any atom is -0.497 e. The first-order valence-corrected chi connectivity index (χ1v) is 12.2. The molecule has 1 N–H and O–H groups in total. The molecule has 0 aromatic heterocycles. The van der Waals surface area contributed by atoms with Crippen molar-refractivity contribution in [3.63, 3.8) is 0 Å². The lowest BCUT2D eigenvalue weighted by Crippen LogP contribution is -2.67. The van der Waals surface area contributed by atoms with E-state index in [1.165, 1.54) is 5.56 Å². The minimum absolute atomic E-state index is 0.00519. The van der Waals surface area contributed by atoms with Crippen LogP contribution in [0.15, 0.2) is 66.7 Å². The van der Waals surface area contributed by atoms with E-state index in [-0.39, 0.29) is 23.0 Å². The Morgan fingerprint density at radius 3 is 2.62 bits per heavy atom. The molecule has 0 bridgehead atoms. The largest absolute Gasteiger partial charge is 0.497 e. The molecule has 5 nitrogen and oxygen atoms in total. The number of nitrogens with zero attached hydrogens (tertiary/aromatic N) is 1. The van der Waals surface area contributed by atoms with Crippen molar-refractivity contribution >= 4 is 16.7 Å². The van der Waals surface area contributed by atoms with Crippen LogP contribution in [0, 0.1) is 0 Å². The van der Waals surface area contributed by atoms with Crippen molar-refractivity contribution in [3.8, 4) is 5.75 Å². The summed E-state index contributed by atoms with van der Waals surface area (Å²) < 4.78 is 11.9. The molecule has 34 heavy (non-hydrogen) atoms. The van der Waals surface area contributed by atoms with E-state index in [0.29, 0.717) is 5.56 Å². The van der Waals surface area contributed by atoms with Crippen LogP contribution in [0.2, 0.25) is 0 Å². The normalized spacial score (nSPS) is 27.2. The lowest BCUT2D eigenvalue weighted by Gasteiger charge is -2.59. The molecule has 5 rings (SSSR count). The first kappa shape index (κ1) is 22.9. The highest BCUT2D eigenvalue weighted by Crippen LogP contribution is 2.53. The maximum absolute atomic E-state index is 13.3. The monoisotopic (exact) mass is 458 g/mol. The zero-order chi connectivity index (χ0) is 23.8. The number of nitrogens with one attached hydrogen (secondary N) is 1. The number of benzene rings is 3. The third kappa shape index (κ3) is 3.87. The highest BCUT2D eigenvalue weighted by atomic mass is 16.5. The summed E-state index contributed by atoms with van der Waals surface area (Å²) in [5.41, 5.74) is 1.46. The molecule has 5 heteroatoms. The van der Waals surface area contributed by atoms with Crippen LogP contribution >= 0.6 is 0 Å². The van der Waals surface area contributed by atoms with Crippen LogP contribution in [0.4, 0.5) is 0 Å². The van der Waals surface area contributed by atoms with E-state index >= 15 is 0 Å². The molecule has 1 amide bonds. The molecule has 0 radical (unpaired) electrons. The van der Waals surface area contributed by atoms with Gasteiger partial charge in [0.15, 0.2) is 0 Å². The lowest BCUT2D eigenvalue weighted by molar-refractivity contribution is -0.144. The number of amides is 1. The second-order valence-corrected chi connectivity index (χ2v) is 9.98. The fraction of sp³-hybridized carbons (Fsp3) is 0.414. The first-order valence-electron chi connectivity index (χ1n) is 12.2. The summed E-state index contributed by atoms with van der Waals surface area (Å²) in [4.78, 5) is 15.7. The summed E-state index contributed by atoms with van der Waals surface area (Å²) in [5.74, 6) is 0.854. The second kappa shape index (κ2) is 9.05. The number of hydrogen-bond donors (Lipinski definition) is 1. The van der Waals surface area contributed by atoms with Gasteiger partial charge in [-0.15, -0.1) is 0 Å². The topological polar surface area (TPSA) is 50.8 Å². The smallest absolute Gasteiger partial charge is 0.251 e. The Morgan fingerprint density at radius 1 is 1.00 bits per heavy atom. The number of hydrogen-bond acceptors (Lipinski definition) is 4. The fourth-order valence-corrected chi connectivity index (χ4v) is 6.34. The lowest BCUT2D eigenvalue weighted by atomic mass is 9.55. The fourth-order valence-electron chi connectivity index (χ4n) is 6.34. The average Bonchev–Trinajstić information content (AvgIpc) is 2.88. The summed E-state index contributed by atoms with van der Waals surface area (Å²) in [6.45, 7) is 1.87. The average molecular weight is 459 g/mol. The molecule has 2 fully saturated rings. The van der Waals surface area contributed by atoms with Gasteiger partial charge in [0.2, 0.25) is 0 Å². The van der Waals surface area contributed by atoms with Crippen LogP contribution in [0.3, 0.4) is 0 Å². The van der Waals surface area contributed by atoms with Crippen LogP contribution in [0.1, 0.15) is 41.6 Å². The molecule has 1 aliphatic heterocycles. The third-order valence-electron chi connectivity index (χ3n) is 8.17. The Morgan fingerprint density at radius 2 is 1.82 bits per heavy atom. The first-order chi connectivity index (χ1) is 16.5. The number of likely N-dealkylation sites (N-methyl/N-ethyl adjacent to an activating group) is 1. The molecular weight excluding hydrogens is 424 g/mol. The summed E-state index contributed by atoms with van der Waals surface area (Å²) >= 11 is 0. The number of carbonyl (C=O) groups excluding carboxylic acids is 1. The van der Waals surface area contributed by atoms with Gasteiger partial charge < -0.3 is 19.7 Å². The third-order valence-corrected chi connectivity index (χ3v) is 8.17. The molecule has 1 saturated carbocycles. The predicted octanol–water partition coefficient (Wildman–Crippen LogP) is 4.79. The Bertz CT molecular complexity index is 1190. The maximum atomic E-state index is 13.3. The van der Waals surface area contributed by atoms with Crippen LogP contribution in [-0.4, -0.2) is 56.8 Å². The van der Waals surface area contributed by atoms with Crippen LogP contribution < -0.4 is 10.1 Å². The van der Waals surface area contributed by atoms with E-state index in [1.54, 1.807) is 7.11 Å². The Balaban J connectivity index is 1.46. The molecule has 1 aliphatic carbocycles. The molecule has 3 aromatic carbocycles. The number of likely N-dealkylation sites (tertiary alicyclic amines) is 1. The van der Waals surface area contributed by atoms with E-state index in [9.17, 15) is 4.79 Å². The van der Waals surface area contributed by atoms with E-state index < -0.39 is 0 Å². The van der Waals surface area contributed by atoms with Crippen molar-refractivity contribution in [3.05, 3.63) is 77.9 Å². The number of ether oxygens (including phenoxy) is 2. The summed E-state index contributed by atoms with van der Waals surface area (Å²) in [7, 11) is 5.73. The van der Waals surface area contributed by atoms with E-state index in [0.717, 1.165) is 55.3 Å². The van der Waals surface area contributed by atoms with Crippen LogP contribution in [0.25, 0.3) is 10.8 Å². The Kier molecular flexibility index (Phi) is 6.09. The van der Waals surface area contributed by atoms with Crippen molar-refractivity contribution in [2.24, 2.45) is 0 Å². The van der Waals surface area contributed by atoms with E-state index in [2.05, 4.69) is 47.6 Å². The van der Waals surface area contributed by atoms with Crippen molar-refractivity contribution in [2.45, 2.75) is 42.7 Å². The number of methoxy groups -OCH3 is 2. The SMILES string of the molecule is COc1cccc([C@@]23CCN(C)C[C@@]2(OC)CC[C@@H](NC(=O)c2ccc4ccccc4c2)C3)c1. The van der Waals surface area contributed by atoms with Gasteiger partial charge in [-0.2, -0.15) is 0 Å². The number of rotatable bonds is 5. The predicted molar refractivity (Wildman–Crippen MR) is 136 cm³/mol. The molecule has 1 heterocycles. The molecule has 178 valence electrons. The quantitative estimate of drug-likeness (QED) is 0.597. The van der Waals surface area contributed by atoms with Crippen molar-refractivity contribution in [1.82, 2.24) is 10.2 Å². The van der Waals surface area contributed by atoms with Crippen LogP contribution in [0.5, 0.6) is 5.75 Å². The standard InChI is InChI=1S/C29H34N2O3/c1-31-16-15-28(24-9-6-10-26(18-24)33-2)19-25(13-14-29(28,20-31)34-3)30-27(32)23-12-11-21-7-4-5-8-22(21)17-23/h4-12,17-18,25H,13-16,19-20H2,1-3H3,(H,30,32)/t25-,28+,29+/m1/s1.